The number of rotatable bonds is 6. The third-order valence-corrected chi connectivity index (χ3v) is 2.81. The van der Waals surface area contributed by atoms with Crippen molar-refractivity contribution in [2.45, 2.75) is 32.4 Å². The van der Waals surface area contributed by atoms with Crippen LogP contribution in [0.25, 0.3) is 0 Å². The Morgan fingerprint density at radius 1 is 1.47 bits per heavy atom. The third kappa shape index (κ3) is 3.98. The zero-order valence-corrected chi connectivity index (χ0v) is 10.7. The molecule has 98 valence electrons. The van der Waals surface area contributed by atoms with Crippen molar-refractivity contribution in [3.8, 4) is 0 Å². The van der Waals surface area contributed by atoms with Gasteiger partial charge in [-0.25, -0.2) is 0 Å². The molecule has 0 aromatic rings. The lowest BCUT2D eigenvalue weighted by molar-refractivity contribution is -0.149. The minimum Gasteiger partial charge on any atom is -0.368 e. The summed E-state index contributed by atoms with van der Waals surface area (Å²) < 4.78 is 5.53. The molecule has 2 amide bonds. The van der Waals surface area contributed by atoms with E-state index in [4.69, 9.17) is 10.5 Å². The molecular weight excluding hydrogens is 222 g/mol. The van der Waals surface area contributed by atoms with Gasteiger partial charge in [0.05, 0.1) is 12.1 Å². The van der Waals surface area contributed by atoms with Crippen LogP contribution in [-0.4, -0.2) is 54.6 Å². The van der Waals surface area contributed by atoms with Crippen molar-refractivity contribution in [1.29, 1.82) is 0 Å². The number of nitrogens with two attached hydrogens (primary N) is 1. The van der Waals surface area contributed by atoms with Gasteiger partial charge >= 0.3 is 0 Å². The van der Waals surface area contributed by atoms with Crippen LogP contribution in [0.5, 0.6) is 0 Å². The molecule has 1 aliphatic rings. The van der Waals surface area contributed by atoms with E-state index in [0.29, 0.717) is 0 Å². The van der Waals surface area contributed by atoms with Crippen LogP contribution in [0.3, 0.4) is 0 Å². The van der Waals surface area contributed by atoms with Gasteiger partial charge in [-0.2, -0.15) is 0 Å². The Morgan fingerprint density at radius 2 is 2.06 bits per heavy atom. The Bertz CT molecular complexity index is 300. The molecule has 0 atom stereocenters. The van der Waals surface area contributed by atoms with Crippen LogP contribution in [0.2, 0.25) is 0 Å². The van der Waals surface area contributed by atoms with Gasteiger partial charge in [0.25, 0.3) is 0 Å². The predicted molar refractivity (Wildman–Crippen MR) is 63.3 cm³/mol. The fourth-order valence-electron chi connectivity index (χ4n) is 1.62. The number of nitrogens with one attached hydrogen (secondary N) is 1. The number of amides is 2. The molecule has 17 heavy (non-hydrogen) atoms. The van der Waals surface area contributed by atoms with Gasteiger partial charge in [0, 0.05) is 19.1 Å². The van der Waals surface area contributed by atoms with Gasteiger partial charge < -0.3 is 20.7 Å². The molecule has 0 aromatic carbocycles. The van der Waals surface area contributed by atoms with Crippen LogP contribution in [-0.2, 0) is 14.3 Å². The van der Waals surface area contributed by atoms with E-state index in [0.717, 1.165) is 13.1 Å². The molecule has 1 fully saturated rings. The average molecular weight is 243 g/mol. The number of hydrogen-bond acceptors (Lipinski definition) is 4. The van der Waals surface area contributed by atoms with Crippen molar-refractivity contribution in [3.05, 3.63) is 0 Å². The van der Waals surface area contributed by atoms with Crippen LogP contribution in [0.15, 0.2) is 0 Å². The molecule has 0 spiro atoms. The maximum absolute atomic E-state index is 11.9. The van der Waals surface area contributed by atoms with Crippen molar-refractivity contribution < 1.29 is 14.3 Å². The van der Waals surface area contributed by atoms with E-state index in [-0.39, 0.29) is 30.7 Å². The Kier molecular flexibility index (Phi) is 4.47. The molecule has 3 N–H and O–H groups in total. The second kappa shape index (κ2) is 5.46. The van der Waals surface area contributed by atoms with Crippen LogP contribution in [0.1, 0.15) is 20.8 Å². The topological polar surface area (TPSA) is 84.7 Å². The highest BCUT2D eigenvalue weighted by Gasteiger charge is 2.33. The van der Waals surface area contributed by atoms with Crippen LogP contribution >= 0.6 is 0 Å². The summed E-state index contributed by atoms with van der Waals surface area (Å²) in [6, 6.07) is -0.0640. The average Bonchev–Trinajstić information content (AvgIpc) is 2.19. The third-order valence-electron chi connectivity index (χ3n) is 2.81. The summed E-state index contributed by atoms with van der Waals surface area (Å²) in [4.78, 5) is 24.2. The van der Waals surface area contributed by atoms with E-state index < -0.39 is 5.91 Å². The smallest absolute Gasteiger partial charge is 0.249 e. The lowest BCUT2D eigenvalue weighted by Gasteiger charge is -2.39. The monoisotopic (exact) mass is 243 g/mol. The standard InChI is InChI=1S/C11H21N3O3/c1-8(2)14(4-9(12)15)10(16)5-17-11(3)6-13-7-11/h8,13H,4-7H2,1-3H3,(H2,12,15). The van der Waals surface area contributed by atoms with Crippen molar-refractivity contribution in [2.75, 3.05) is 26.2 Å². The van der Waals surface area contributed by atoms with Gasteiger partial charge in [-0.3, -0.25) is 9.59 Å². The highest BCUT2D eigenvalue weighted by Crippen LogP contribution is 2.15. The summed E-state index contributed by atoms with van der Waals surface area (Å²) in [5, 5.41) is 3.09. The lowest BCUT2D eigenvalue weighted by atomic mass is 10.0. The summed E-state index contributed by atoms with van der Waals surface area (Å²) in [5.74, 6) is -0.713. The first-order valence-corrected chi connectivity index (χ1v) is 5.76. The molecule has 0 radical (unpaired) electrons. The van der Waals surface area contributed by atoms with E-state index in [1.54, 1.807) is 0 Å². The largest absolute Gasteiger partial charge is 0.368 e. The van der Waals surface area contributed by atoms with E-state index in [2.05, 4.69) is 5.32 Å². The molecule has 0 bridgehead atoms. The van der Waals surface area contributed by atoms with E-state index in [9.17, 15) is 9.59 Å². The maximum atomic E-state index is 11.9. The van der Waals surface area contributed by atoms with Crippen LogP contribution in [0, 0.1) is 0 Å². The minimum atomic E-state index is -0.511. The molecule has 6 heteroatoms. The number of carbonyl (C=O) groups excluding carboxylic acids is 2. The first-order chi connectivity index (χ1) is 7.84. The fraction of sp³-hybridized carbons (Fsp3) is 0.818. The Balaban J connectivity index is 2.44. The summed E-state index contributed by atoms with van der Waals surface area (Å²) in [7, 11) is 0. The second-order valence-electron chi connectivity index (χ2n) is 4.92. The molecule has 0 unspecified atom stereocenters. The SMILES string of the molecule is CC(C)N(CC(N)=O)C(=O)COC1(C)CNC1. The van der Waals surface area contributed by atoms with Gasteiger partial charge in [-0.05, 0) is 20.8 Å². The molecule has 1 rings (SSSR count). The molecular formula is C11H21N3O3. The van der Waals surface area contributed by atoms with Gasteiger partial charge in [-0.15, -0.1) is 0 Å². The van der Waals surface area contributed by atoms with Crippen LogP contribution < -0.4 is 11.1 Å². The first kappa shape index (κ1) is 13.9. The summed E-state index contributed by atoms with van der Waals surface area (Å²) in [6.45, 7) is 7.06. The number of nitrogens with zero attached hydrogens (tertiary/aromatic N) is 1. The van der Waals surface area contributed by atoms with Gasteiger partial charge in [0.2, 0.25) is 11.8 Å². The molecule has 1 aliphatic heterocycles. The zero-order chi connectivity index (χ0) is 13.1. The highest BCUT2D eigenvalue weighted by molar-refractivity contribution is 5.84. The van der Waals surface area contributed by atoms with E-state index >= 15 is 0 Å². The predicted octanol–water partition coefficient (Wildman–Crippen LogP) is -0.913. The summed E-state index contributed by atoms with van der Waals surface area (Å²) in [6.07, 6.45) is 0. The Hall–Kier alpha value is -1.14. The van der Waals surface area contributed by atoms with Gasteiger partial charge in [0.1, 0.15) is 6.61 Å². The molecule has 1 saturated heterocycles. The summed E-state index contributed by atoms with van der Waals surface area (Å²) in [5.41, 5.74) is 4.85. The molecule has 0 saturated carbocycles. The molecule has 1 heterocycles. The highest BCUT2D eigenvalue weighted by atomic mass is 16.5. The van der Waals surface area contributed by atoms with Crippen molar-refractivity contribution >= 4 is 11.8 Å². The minimum absolute atomic E-state index is 0.0103. The fourth-order valence-corrected chi connectivity index (χ4v) is 1.62. The van der Waals surface area contributed by atoms with Gasteiger partial charge in [0.15, 0.2) is 0 Å². The molecule has 0 aliphatic carbocycles. The van der Waals surface area contributed by atoms with E-state index in [1.807, 2.05) is 20.8 Å². The van der Waals surface area contributed by atoms with Crippen LogP contribution in [0.4, 0.5) is 0 Å². The number of hydrogen-bond donors (Lipinski definition) is 2. The van der Waals surface area contributed by atoms with E-state index in [1.165, 1.54) is 4.90 Å². The molecule has 0 aromatic heterocycles. The Morgan fingerprint density at radius 3 is 2.41 bits per heavy atom. The summed E-state index contributed by atoms with van der Waals surface area (Å²) >= 11 is 0. The van der Waals surface area contributed by atoms with Crippen molar-refractivity contribution in [1.82, 2.24) is 10.2 Å². The van der Waals surface area contributed by atoms with Crippen molar-refractivity contribution in [3.63, 3.8) is 0 Å². The quantitative estimate of drug-likeness (QED) is 0.632. The maximum Gasteiger partial charge on any atom is 0.249 e. The van der Waals surface area contributed by atoms with Crippen molar-refractivity contribution in [2.24, 2.45) is 5.73 Å². The normalized spacial score (nSPS) is 17.6. The number of ether oxygens (including phenoxy) is 1. The lowest BCUT2D eigenvalue weighted by Crippen LogP contribution is -2.60. The first-order valence-electron chi connectivity index (χ1n) is 5.76. The molecule has 6 nitrogen and oxygen atoms in total. The second-order valence-corrected chi connectivity index (χ2v) is 4.92. The zero-order valence-electron chi connectivity index (χ0n) is 10.7. The number of carbonyl (C=O) groups is 2. The van der Waals surface area contributed by atoms with Gasteiger partial charge in [-0.1, -0.05) is 0 Å². The Labute approximate surface area is 101 Å². The number of primary amides is 1.